The van der Waals surface area contributed by atoms with Gasteiger partial charge in [-0.05, 0) is 29.3 Å². The lowest BCUT2D eigenvalue weighted by Gasteiger charge is -2.39. The molecule has 0 saturated heterocycles. The second kappa shape index (κ2) is 15.4. The molecule has 0 fully saturated rings. The average molecular weight is 594 g/mol. The van der Waals surface area contributed by atoms with Gasteiger partial charge >= 0.3 is 5.97 Å². The number of rotatable bonds is 15. The molecule has 3 atom stereocenters. The molecule has 0 radical (unpaired) electrons. The lowest BCUT2D eigenvalue weighted by Crippen LogP contribution is -2.49. The first-order valence-corrected chi connectivity index (χ1v) is 16.5. The highest BCUT2D eigenvalue weighted by Gasteiger charge is 2.40. The number of alkyl halides is 1. The summed E-state index contributed by atoms with van der Waals surface area (Å²) >= 11 is 3.62. The molecule has 2 aromatic carbocycles. The molecule has 2 rings (SSSR count). The molecular weight excluding hydrogens is 552 g/mol. The third-order valence-electron chi connectivity index (χ3n) is 6.55. The fourth-order valence-electron chi connectivity index (χ4n) is 3.21. The molecule has 2 aromatic rings. The Morgan fingerprint density at radius 3 is 1.95 bits per heavy atom. The number of ether oxygens (including phenoxy) is 4. The van der Waals surface area contributed by atoms with Crippen LogP contribution in [0, 0.1) is 0 Å². The zero-order chi connectivity index (χ0) is 27.3. The van der Waals surface area contributed by atoms with Crippen LogP contribution < -0.4 is 0 Å². The van der Waals surface area contributed by atoms with Gasteiger partial charge in [0.15, 0.2) is 8.32 Å². The third-order valence-corrected chi connectivity index (χ3v) is 11.7. The highest BCUT2D eigenvalue weighted by atomic mass is 79.9. The number of hydrogen-bond acceptors (Lipinski definition) is 6. The first kappa shape index (κ1) is 31.2. The van der Waals surface area contributed by atoms with Gasteiger partial charge in [-0.15, -0.1) is 0 Å². The quantitative estimate of drug-likeness (QED) is 0.0758. The highest BCUT2D eigenvalue weighted by molar-refractivity contribution is 9.09. The van der Waals surface area contributed by atoms with Crippen LogP contribution in [0.3, 0.4) is 0 Å². The van der Waals surface area contributed by atoms with Gasteiger partial charge in [-0.25, -0.2) is 4.79 Å². The van der Waals surface area contributed by atoms with E-state index in [0.29, 0.717) is 25.2 Å². The summed E-state index contributed by atoms with van der Waals surface area (Å²) in [5.74, 6) is -0.497. The Bertz CT molecular complexity index is 946. The van der Waals surface area contributed by atoms with E-state index < -0.39 is 26.5 Å². The van der Waals surface area contributed by atoms with Crippen molar-refractivity contribution in [3.63, 3.8) is 0 Å². The lowest BCUT2D eigenvalue weighted by atomic mass is 10.1. The van der Waals surface area contributed by atoms with Crippen LogP contribution in [0.15, 0.2) is 73.0 Å². The zero-order valence-corrected chi connectivity index (χ0v) is 25.4. The molecule has 0 spiro atoms. The average Bonchev–Trinajstić information content (AvgIpc) is 2.88. The minimum absolute atomic E-state index is 0.0262. The first-order valence-electron chi connectivity index (χ1n) is 12.5. The van der Waals surface area contributed by atoms with Gasteiger partial charge in [0.2, 0.25) is 0 Å². The van der Waals surface area contributed by atoms with Gasteiger partial charge in [0.05, 0.1) is 45.4 Å². The summed E-state index contributed by atoms with van der Waals surface area (Å²) in [5, 5.41) is 0.554. The Balaban J connectivity index is 2.31. The Morgan fingerprint density at radius 2 is 1.46 bits per heavy atom. The van der Waals surface area contributed by atoms with Gasteiger partial charge in [0.25, 0.3) is 0 Å². The predicted molar refractivity (Wildman–Crippen MR) is 153 cm³/mol. The van der Waals surface area contributed by atoms with Crippen LogP contribution in [0.5, 0.6) is 0 Å². The van der Waals surface area contributed by atoms with Crippen molar-refractivity contribution in [1.82, 2.24) is 0 Å². The second-order valence-corrected chi connectivity index (χ2v) is 15.8. The van der Waals surface area contributed by atoms with Crippen LogP contribution in [0.1, 0.15) is 31.9 Å². The van der Waals surface area contributed by atoms with E-state index in [1.807, 2.05) is 60.7 Å². The molecule has 6 nitrogen and oxygen atoms in total. The van der Waals surface area contributed by atoms with Gasteiger partial charge in [-0.1, -0.05) is 97.4 Å². The van der Waals surface area contributed by atoms with E-state index in [1.165, 1.54) is 19.4 Å². The summed E-state index contributed by atoms with van der Waals surface area (Å²) in [6.07, 6.45) is 1.24. The number of methoxy groups -OCH3 is 1. The van der Waals surface area contributed by atoms with E-state index in [4.69, 9.17) is 23.4 Å². The topological polar surface area (TPSA) is 63.2 Å². The van der Waals surface area contributed by atoms with Gasteiger partial charge < -0.3 is 23.4 Å². The smallest absolute Gasteiger partial charge is 0.333 e. The van der Waals surface area contributed by atoms with Gasteiger partial charge in [0, 0.05) is 5.33 Å². The molecule has 8 heteroatoms. The van der Waals surface area contributed by atoms with Crippen LogP contribution in [0.2, 0.25) is 18.1 Å². The fraction of sp³-hybridized carbons (Fsp3) is 0.483. The van der Waals surface area contributed by atoms with E-state index in [-0.39, 0.29) is 11.1 Å². The van der Waals surface area contributed by atoms with Crippen molar-refractivity contribution in [1.29, 1.82) is 0 Å². The Morgan fingerprint density at radius 1 is 0.919 bits per heavy atom. The molecule has 0 aliphatic heterocycles. The molecule has 0 aliphatic carbocycles. The predicted octanol–water partition coefficient (Wildman–Crippen LogP) is 6.65. The number of carbonyl (C=O) groups excluding carboxylic acids is 1. The van der Waals surface area contributed by atoms with E-state index in [0.717, 1.165) is 11.1 Å². The summed E-state index contributed by atoms with van der Waals surface area (Å²) in [7, 11) is -0.760. The molecule has 0 N–H and O–H groups in total. The van der Waals surface area contributed by atoms with Crippen molar-refractivity contribution in [2.45, 2.75) is 70.4 Å². The number of halogens is 1. The molecular formula is C29H41BrO6Si. The normalized spacial score (nSPS) is 14.8. The van der Waals surface area contributed by atoms with Crippen molar-refractivity contribution >= 4 is 30.2 Å². The van der Waals surface area contributed by atoms with Gasteiger partial charge in [-0.2, -0.15) is 0 Å². The molecule has 37 heavy (non-hydrogen) atoms. The van der Waals surface area contributed by atoms with E-state index in [1.54, 1.807) is 0 Å². The Hall–Kier alpha value is -1.97. The summed E-state index contributed by atoms with van der Waals surface area (Å²) < 4.78 is 30.2. The molecule has 0 aromatic heterocycles. The monoisotopic (exact) mass is 592 g/mol. The zero-order valence-electron chi connectivity index (χ0n) is 22.8. The van der Waals surface area contributed by atoms with Crippen LogP contribution >= 0.6 is 15.9 Å². The Labute approximate surface area is 231 Å². The molecule has 0 bridgehead atoms. The van der Waals surface area contributed by atoms with Crippen molar-refractivity contribution in [3.05, 3.63) is 84.1 Å². The van der Waals surface area contributed by atoms with Crippen molar-refractivity contribution in [2.24, 2.45) is 0 Å². The highest BCUT2D eigenvalue weighted by Crippen LogP contribution is 2.37. The minimum atomic E-state index is -2.09. The van der Waals surface area contributed by atoms with Gasteiger partial charge in [-0.3, -0.25) is 0 Å². The van der Waals surface area contributed by atoms with Crippen LogP contribution in [0.4, 0.5) is 0 Å². The SMILES string of the molecule is COC(=O)/C=C/O[C@@H](CO[Si](C)(C)C(C)(C)C)[C@H](OCc1ccccc1)[C@H](CBr)OCc1ccccc1. The first-order chi connectivity index (χ1) is 17.6. The van der Waals surface area contributed by atoms with E-state index in [2.05, 4.69) is 49.8 Å². The molecule has 0 saturated carbocycles. The van der Waals surface area contributed by atoms with Crippen molar-refractivity contribution in [3.8, 4) is 0 Å². The van der Waals surface area contributed by atoms with Crippen LogP contribution in [-0.2, 0) is 41.4 Å². The minimum Gasteiger partial charge on any atom is -0.493 e. The van der Waals surface area contributed by atoms with Crippen LogP contribution in [0.25, 0.3) is 0 Å². The molecule has 0 aliphatic rings. The van der Waals surface area contributed by atoms with Crippen LogP contribution in [-0.4, -0.2) is 51.6 Å². The van der Waals surface area contributed by atoms with Crippen molar-refractivity contribution < 1.29 is 28.2 Å². The third kappa shape index (κ3) is 10.7. The molecule has 0 unspecified atom stereocenters. The van der Waals surface area contributed by atoms with E-state index in [9.17, 15) is 4.79 Å². The summed E-state index contributed by atoms with van der Waals surface area (Å²) in [5.41, 5.74) is 2.11. The lowest BCUT2D eigenvalue weighted by molar-refractivity contribution is -0.138. The maximum absolute atomic E-state index is 11.7. The van der Waals surface area contributed by atoms with Crippen molar-refractivity contribution in [2.75, 3.05) is 19.0 Å². The number of carbonyl (C=O) groups is 1. The van der Waals surface area contributed by atoms with Gasteiger partial charge in [0.1, 0.15) is 12.2 Å². The maximum atomic E-state index is 11.7. The fourth-order valence-corrected chi connectivity index (χ4v) is 4.78. The number of esters is 1. The molecule has 0 amide bonds. The maximum Gasteiger partial charge on any atom is 0.333 e. The van der Waals surface area contributed by atoms with E-state index >= 15 is 0 Å². The number of hydrogen-bond donors (Lipinski definition) is 0. The second-order valence-electron chi connectivity index (χ2n) is 10.3. The summed E-state index contributed by atoms with van der Waals surface area (Å²) in [6, 6.07) is 20.0. The summed E-state index contributed by atoms with van der Waals surface area (Å²) in [4.78, 5) is 11.7. The standard InChI is InChI=1S/C29H41BrO6Si/c1-29(2,3)37(5,6)36-22-26(33-18-17-27(31)32-4)28(35-21-24-15-11-8-12-16-24)25(19-30)34-20-23-13-9-7-10-14-23/h7-18,25-26,28H,19-22H2,1-6H3/b18-17+/t25-,26-,28+/m0/s1. The largest absolute Gasteiger partial charge is 0.493 e. The molecule has 204 valence electrons. The number of benzene rings is 2. The molecule has 0 heterocycles. The Kier molecular flexibility index (Phi) is 13.0. The summed E-state index contributed by atoms with van der Waals surface area (Å²) in [6.45, 7) is 12.1.